The van der Waals surface area contributed by atoms with E-state index in [4.69, 9.17) is 4.98 Å². The summed E-state index contributed by atoms with van der Waals surface area (Å²) in [4.78, 5) is 6.21. The standard InChI is InChI=1S/C15H18N2S/c1-11(12-7-3-2-4-8-12)16-15-17-13-9-5-6-10-14(13)18-15/h2-4,7-8,11H,5-6,9-10H2,1H3,(H,16,17)/t11-/m1/s1. The van der Waals surface area contributed by atoms with Gasteiger partial charge >= 0.3 is 0 Å². The minimum absolute atomic E-state index is 0.318. The highest BCUT2D eigenvalue weighted by molar-refractivity contribution is 7.15. The lowest BCUT2D eigenvalue weighted by molar-refractivity contribution is 0.682. The normalized spacial score (nSPS) is 16.1. The van der Waals surface area contributed by atoms with Crippen molar-refractivity contribution in [1.29, 1.82) is 0 Å². The number of aromatic nitrogens is 1. The molecule has 3 heteroatoms. The van der Waals surface area contributed by atoms with Crippen molar-refractivity contribution in [3.63, 3.8) is 0 Å². The number of anilines is 1. The highest BCUT2D eigenvalue weighted by Crippen LogP contribution is 2.31. The van der Waals surface area contributed by atoms with E-state index in [0.29, 0.717) is 6.04 Å². The van der Waals surface area contributed by atoms with Crippen molar-refractivity contribution in [1.82, 2.24) is 4.98 Å². The predicted octanol–water partition coefficient (Wildman–Crippen LogP) is 4.20. The predicted molar refractivity (Wildman–Crippen MR) is 77.2 cm³/mol. The molecule has 0 saturated heterocycles. The molecule has 1 heterocycles. The van der Waals surface area contributed by atoms with Gasteiger partial charge in [-0.15, -0.1) is 11.3 Å². The zero-order valence-electron chi connectivity index (χ0n) is 10.6. The van der Waals surface area contributed by atoms with E-state index in [-0.39, 0.29) is 0 Å². The van der Waals surface area contributed by atoms with Gasteiger partial charge in [-0.25, -0.2) is 4.98 Å². The monoisotopic (exact) mass is 258 g/mol. The summed E-state index contributed by atoms with van der Waals surface area (Å²) in [7, 11) is 0. The number of hydrogen-bond donors (Lipinski definition) is 1. The molecular weight excluding hydrogens is 240 g/mol. The molecule has 0 aliphatic heterocycles. The molecule has 0 saturated carbocycles. The number of thiazole rings is 1. The Bertz CT molecular complexity index is 495. The van der Waals surface area contributed by atoms with Gasteiger partial charge in [-0.1, -0.05) is 30.3 Å². The van der Waals surface area contributed by atoms with Crippen LogP contribution in [0.25, 0.3) is 0 Å². The summed E-state index contributed by atoms with van der Waals surface area (Å²) < 4.78 is 0. The van der Waals surface area contributed by atoms with Crippen molar-refractivity contribution < 1.29 is 0 Å². The third kappa shape index (κ3) is 2.41. The average molecular weight is 258 g/mol. The molecule has 1 atom stereocenters. The van der Waals surface area contributed by atoms with Crippen molar-refractivity contribution >= 4 is 16.5 Å². The Labute approximate surface area is 112 Å². The van der Waals surface area contributed by atoms with E-state index in [1.165, 1.54) is 35.4 Å². The Kier molecular flexibility index (Phi) is 3.33. The van der Waals surface area contributed by atoms with Gasteiger partial charge in [0.1, 0.15) is 0 Å². The molecule has 2 nitrogen and oxygen atoms in total. The van der Waals surface area contributed by atoms with Crippen LogP contribution in [0.5, 0.6) is 0 Å². The van der Waals surface area contributed by atoms with Crippen LogP contribution in [0.15, 0.2) is 30.3 Å². The fourth-order valence-electron chi connectivity index (χ4n) is 2.42. The van der Waals surface area contributed by atoms with Gasteiger partial charge in [0, 0.05) is 4.88 Å². The van der Waals surface area contributed by atoms with Crippen LogP contribution in [0.4, 0.5) is 5.13 Å². The Hall–Kier alpha value is -1.35. The molecule has 0 unspecified atom stereocenters. The van der Waals surface area contributed by atoms with Gasteiger partial charge in [-0.3, -0.25) is 0 Å². The van der Waals surface area contributed by atoms with E-state index >= 15 is 0 Å². The van der Waals surface area contributed by atoms with Crippen LogP contribution in [0.3, 0.4) is 0 Å². The minimum Gasteiger partial charge on any atom is -0.355 e. The zero-order chi connectivity index (χ0) is 12.4. The molecule has 0 bridgehead atoms. The fraction of sp³-hybridized carbons (Fsp3) is 0.400. The van der Waals surface area contributed by atoms with E-state index in [0.717, 1.165) is 11.6 Å². The Morgan fingerprint density at radius 1 is 1.17 bits per heavy atom. The second-order valence-corrected chi connectivity index (χ2v) is 5.96. The van der Waals surface area contributed by atoms with Crippen LogP contribution in [0, 0.1) is 0 Å². The summed E-state index contributed by atoms with van der Waals surface area (Å²) in [5, 5.41) is 4.60. The molecule has 94 valence electrons. The molecule has 1 aromatic heterocycles. The number of hydrogen-bond acceptors (Lipinski definition) is 3. The highest BCUT2D eigenvalue weighted by atomic mass is 32.1. The van der Waals surface area contributed by atoms with Crippen molar-refractivity contribution in [3.05, 3.63) is 46.5 Å². The first kappa shape index (κ1) is 11.7. The average Bonchev–Trinajstić information content (AvgIpc) is 2.82. The van der Waals surface area contributed by atoms with Crippen LogP contribution in [0.1, 0.15) is 41.9 Å². The molecule has 2 aromatic rings. The first-order valence-electron chi connectivity index (χ1n) is 6.63. The first-order chi connectivity index (χ1) is 8.83. The van der Waals surface area contributed by atoms with Gasteiger partial charge in [0.05, 0.1) is 11.7 Å². The van der Waals surface area contributed by atoms with E-state index in [2.05, 4.69) is 42.6 Å². The topological polar surface area (TPSA) is 24.9 Å². The van der Waals surface area contributed by atoms with Crippen molar-refractivity contribution in [3.8, 4) is 0 Å². The summed E-state index contributed by atoms with van der Waals surface area (Å²) in [5.41, 5.74) is 2.64. The van der Waals surface area contributed by atoms with Gasteiger partial charge in [0.15, 0.2) is 5.13 Å². The van der Waals surface area contributed by atoms with Crippen LogP contribution >= 0.6 is 11.3 Å². The maximum atomic E-state index is 4.72. The quantitative estimate of drug-likeness (QED) is 0.892. The third-order valence-corrected chi connectivity index (χ3v) is 4.57. The number of aryl methyl sites for hydroxylation is 2. The fourth-order valence-corrected chi connectivity index (χ4v) is 3.56. The SMILES string of the molecule is C[C@@H](Nc1nc2c(s1)CCCC2)c1ccccc1. The van der Waals surface area contributed by atoms with Gasteiger partial charge in [0.25, 0.3) is 0 Å². The van der Waals surface area contributed by atoms with Gasteiger partial charge in [0.2, 0.25) is 0 Å². The van der Waals surface area contributed by atoms with Gasteiger partial charge in [-0.2, -0.15) is 0 Å². The molecule has 1 aromatic carbocycles. The van der Waals surface area contributed by atoms with Gasteiger partial charge < -0.3 is 5.32 Å². The molecule has 0 amide bonds. The summed E-state index contributed by atoms with van der Waals surface area (Å²) in [6.07, 6.45) is 4.99. The summed E-state index contributed by atoms with van der Waals surface area (Å²) in [6, 6.07) is 10.9. The van der Waals surface area contributed by atoms with Crippen LogP contribution in [-0.2, 0) is 12.8 Å². The molecule has 1 aliphatic rings. The van der Waals surface area contributed by atoms with Crippen molar-refractivity contribution in [2.24, 2.45) is 0 Å². The smallest absolute Gasteiger partial charge is 0.183 e. The van der Waals surface area contributed by atoms with E-state index in [9.17, 15) is 0 Å². The molecule has 18 heavy (non-hydrogen) atoms. The number of fused-ring (bicyclic) bond motifs is 1. The Morgan fingerprint density at radius 3 is 2.72 bits per heavy atom. The van der Waals surface area contributed by atoms with Crippen LogP contribution in [-0.4, -0.2) is 4.98 Å². The van der Waals surface area contributed by atoms with Crippen molar-refractivity contribution in [2.75, 3.05) is 5.32 Å². The molecule has 0 radical (unpaired) electrons. The van der Waals surface area contributed by atoms with E-state index in [1.54, 1.807) is 0 Å². The Balaban J connectivity index is 1.74. The zero-order valence-corrected chi connectivity index (χ0v) is 11.5. The lowest BCUT2D eigenvalue weighted by Crippen LogP contribution is -2.06. The number of nitrogens with one attached hydrogen (secondary N) is 1. The van der Waals surface area contributed by atoms with Crippen LogP contribution < -0.4 is 5.32 Å². The number of nitrogens with zero attached hydrogens (tertiary/aromatic N) is 1. The molecule has 1 N–H and O–H groups in total. The van der Waals surface area contributed by atoms with E-state index < -0.39 is 0 Å². The Morgan fingerprint density at radius 2 is 1.94 bits per heavy atom. The maximum Gasteiger partial charge on any atom is 0.183 e. The third-order valence-electron chi connectivity index (χ3n) is 3.49. The molecular formula is C15H18N2S. The minimum atomic E-state index is 0.318. The number of benzene rings is 1. The van der Waals surface area contributed by atoms with Crippen molar-refractivity contribution in [2.45, 2.75) is 38.6 Å². The highest BCUT2D eigenvalue weighted by Gasteiger charge is 2.16. The van der Waals surface area contributed by atoms with E-state index in [1.807, 2.05) is 11.3 Å². The lowest BCUT2D eigenvalue weighted by atomic mass is 10.0. The lowest BCUT2D eigenvalue weighted by Gasteiger charge is -2.12. The molecule has 0 fully saturated rings. The van der Waals surface area contributed by atoms with Crippen LogP contribution in [0.2, 0.25) is 0 Å². The summed E-state index contributed by atoms with van der Waals surface area (Å²) in [5.74, 6) is 0. The van der Waals surface area contributed by atoms with Gasteiger partial charge in [-0.05, 0) is 38.2 Å². The largest absolute Gasteiger partial charge is 0.355 e. The maximum absolute atomic E-state index is 4.72. The molecule has 3 rings (SSSR count). The molecule has 0 spiro atoms. The summed E-state index contributed by atoms with van der Waals surface area (Å²) in [6.45, 7) is 2.19. The second-order valence-electron chi connectivity index (χ2n) is 4.87. The summed E-state index contributed by atoms with van der Waals surface area (Å²) >= 11 is 1.84. The first-order valence-corrected chi connectivity index (χ1v) is 7.44. The molecule has 1 aliphatic carbocycles. The number of rotatable bonds is 3. The second kappa shape index (κ2) is 5.11.